The molecule has 0 bridgehead atoms. The number of hydrogen-bond donors (Lipinski definition) is 4. The molecule has 0 aliphatic heterocycles. The van der Waals surface area contributed by atoms with Gasteiger partial charge in [0.1, 0.15) is 12.7 Å². The summed E-state index contributed by atoms with van der Waals surface area (Å²) in [4.78, 5) is 20.5. The Morgan fingerprint density at radius 2 is 1.67 bits per heavy atom. The highest BCUT2D eigenvalue weighted by molar-refractivity contribution is 5.84. The van der Waals surface area contributed by atoms with Gasteiger partial charge in [0.2, 0.25) is 0 Å². The van der Waals surface area contributed by atoms with Crippen molar-refractivity contribution in [1.82, 2.24) is 0 Å². The van der Waals surface area contributed by atoms with Crippen molar-refractivity contribution in [2.24, 2.45) is 0 Å². The van der Waals surface area contributed by atoms with Crippen LogP contribution in [0, 0.1) is 0 Å². The van der Waals surface area contributed by atoms with Gasteiger partial charge in [-0.25, -0.2) is 4.79 Å². The second-order valence-electron chi connectivity index (χ2n) is 2.23. The summed E-state index contributed by atoms with van der Waals surface area (Å²) in [6, 6.07) is 0. The summed E-state index contributed by atoms with van der Waals surface area (Å²) in [6.07, 6.45) is -4.01. The predicted molar refractivity (Wildman–Crippen MR) is 36.4 cm³/mol. The largest absolute Gasteiger partial charge is 0.479 e. The van der Waals surface area contributed by atoms with Crippen LogP contribution in [0.25, 0.3) is 0 Å². The summed E-state index contributed by atoms with van der Waals surface area (Å²) in [5.41, 5.74) is 0. The minimum atomic E-state index is -1.78. The number of carboxylic acids is 1. The molecule has 4 N–H and O–H groups in total. The smallest absolute Gasteiger partial charge is 0.332 e. The van der Waals surface area contributed by atoms with Crippen LogP contribution < -0.4 is 0 Å². The van der Waals surface area contributed by atoms with E-state index in [2.05, 4.69) is 0 Å². The number of carbonyl (C=O) groups is 2. The third-order valence-electron chi connectivity index (χ3n) is 1.26. The molecular formula is C6H10O6. The summed E-state index contributed by atoms with van der Waals surface area (Å²) in [5, 5.41) is 33.8. The van der Waals surface area contributed by atoms with Gasteiger partial charge in [-0.15, -0.1) is 0 Å². The average Bonchev–Trinajstić information content (AvgIpc) is 2.02. The maximum Gasteiger partial charge on any atom is 0.332 e. The van der Waals surface area contributed by atoms with Crippen molar-refractivity contribution < 1.29 is 30.0 Å². The SMILES string of the molecule is O=C(O)C(O)CC(O)C(=O)CO. The number of aliphatic hydroxyl groups is 3. The quantitative estimate of drug-likeness (QED) is 0.378. The van der Waals surface area contributed by atoms with E-state index in [-0.39, 0.29) is 0 Å². The first-order chi connectivity index (χ1) is 5.49. The third-order valence-corrected chi connectivity index (χ3v) is 1.26. The molecule has 2 unspecified atom stereocenters. The lowest BCUT2D eigenvalue weighted by molar-refractivity contribution is -0.149. The number of carbonyl (C=O) groups excluding carboxylic acids is 1. The summed E-state index contributed by atoms with van der Waals surface area (Å²) < 4.78 is 0. The lowest BCUT2D eigenvalue weighted by Crippen LogP contribution is -2.31. The molecule has 0 aromatic carbocycles. The fraction of sp³-hybridized carbons (Fsp3) is 0.667. The van der Waals surface area contributed by atoms with E-state index in [1.165, 1.54) is 0 Å². The molecule has 0 heterocycles. The molecule has 2 atom stereocenters. The molecule has 0 aliphatic carbocycles. The average molecular weight is 178 g/mol. The highest BCUT2D eigenvalue weighted by Crippen LogP contribution is 1.99. The lowest BCUT2D eigenvalue weighted by Gasteiger charge is -2.09. The van der Waals surface area contributed by atoms with Crippen molar-refractivity contribution in [1.29, 1.82) is 0 Å². The first kappa shape index (κ1) is 11.0. The van der Waals surface area contributed by atoms with Crippen LogP contribution in [0.3, 0.4) is 0 Å². The van der Waals surface area contributed by atoms with Crippen LogP contribution in [0.2, 0.25) is 0 Å². The molecule has 0 aromatic heterocycles. The van der Waals surface area contributed by atoms with Gasteiger partial charge >= 0.3 is 5.97 Å². The Kier molecular flexibility index (Phi) is 4.42. The molecule has 6 nitrogen and oxygen atoms in total. The van der Waals surface area contributed by atoms with Gasteiger partial charge in [0.25, 0.3) is 0 Å². The van der Waals surface area contributed by atoms with Crippen molar-refractivity contribution in [2.45, 2.75) is 18.6 Å². The van der Waals surface area contributed by atoms with Crippen LogP contribution in [-0.4, -0.2) is 51.0 Å². The van der Waals surface area contributed by atoms with Crippen molar-refractivity contribution in [3.63, 3.8) is 0 Å². The molecule has 0 rings (SSSR count). The molecule has 0 aliphatic rings. The van der Waals surface area contributed by atoms with E-state index in [9.17, 15) is 9.59 Å². The number of ketones is 1. The fourth-order valence-electron chi connectivity index (χ4n) is 0.549. The molecule has 0 saturated carbocycles. The number of hydrogen-bond acceptors (Lipinski definition) is 5. The van der Waals surface area contributed by atoms with Crippen LogP contribution in [0.5, 0.6) is 0 Å². The Bertz CT molecular complexity index is 177. The zero-order valence-corrected chi connectivity index (χ0v) is 6.17. The first-order valence-electron chi connectivity index (χ1n) is 3.21. The standard InChI is InChI=1S/C6H10O6/c7-2-5(10)3(8)1-4(9)6(11)12/h3-4,7-9H,1-2H2,(H,11,12). The summed E-state index contributed by atoms with van der Waals surface area (Å²) in [5.74, 6) is -2.42. The molecular weight excluding hydrogens is 168 g/mol. The van der Waals surface area contributed by atoms with Crippen molar-refractivity contribution in [2.75, 3.05) is 6.61 Å². The van der Waals surface area contributed by atoms with Crippen LogP contribution in [0.15, 0.2) is 0 Å². The Balaban J connectivity index is 3.91. The Morgan fingerprint density at radius 1 is 1.17 bits per heavy atom. The lowest BCUT2D eigenvalue weighted by atomic mass is 10.1. The predicted octanol–water partition coefficient (Wildman–Crippen LogP) is -2.26. The second-order valence-corrected chi connectivity index (χ2v) is 2.23. The Hall–Kier alpha value is -0.980. The van der Waals surface area contributed by atoms with Gasteiger partial charge in [-0.3, -0.25) is 4.79 Å². The first-order valence-corrected chi connectivity index (χ1v) is 3.21. The van der Waals surface area contributed by atoms with E-state index in [1.54, 1.807) is 0 Å². The minimum absolute atomic E-state index is 0.602. The minimum Gasteiger partial charge on any atom is -0.479 e. The molecule has 0 aromatic rings. The molecule has 0 amide bonds. The molecule has 0 saturated heterocycles. The van der Waals surface area contributed by atoms with E-state index in [0.717, 1.165) is 0 Å². The summed E-state index contributed by atoms with van der Waals surface area (Å²) in [7, 11) is 0. The topological polar surface area (TPSA) is 115 Å². The number of rotatable bonds is 5. The highest BCUT2D eigenvalue weighted by Gasteiger charge is 2.22. The zero-order chi connectivity index (χ0) is 9.72. The van der Waals surface area contributed by atoms with Crippen molar-refractivity contribution >= 4 is 11.8 Å². The van der Waals surface area contributed by atoms with Gasteiger partial charge in [0, 0.05) is 6.42 Å². The molecule has 0 spiro atoms. The number of aliphatic carboxylic acids is 1. The summed E-state index contributed by atoms with van der Waals surface area (Å²) in [6.45, 7) is -0.868. The van der Waals surface area contributed by atoms with Gasteiger partial charge in [-0.05, 0) is 0 Å². The van der Waals surface area contributed by atoms with Gasteiger partial charge in [-0.2, -0.15) is 0 Å². The van der Waals surface area contributed by atoms with E-state index in [0.29, 0.717) is 0 Å². The monoisotopic (exact) mass is 178 g/mol. The second kappa shape index (κ2) is 4.81. The van der Waals surface area contributed by atoms with Crippen molar-refractivity contribution in [3.8, 4) is 0 Å². The van der Waals surface area contributed by atoms with Crippen molar-refractivity contribution in [3.05, 3.63) is 0 Å². The number of Topliss-reactive ketones (excluding diaryl/α,β-unsaturated/α-hetero) is 1. The number of aliphatic hydroxyl groups excluding tert-OH is 3. The van der Waals surface area contributed by atoms with Crippen LogP contribution in [0.4, 0.5) is 0 Å². The summed E-state index contributed by atoms with van der Waals surface area (Å²) >= 11 is 0. The van der Waals surface area contributed by atoms with Gasteiger partial charge in [0.15, 0.2) is 11.9 Å². The highest BCUT2D eigenvalue weighted by atomic mass is 16.4. The van der Waals surface area contributed by atoms with E-state index >= 15 is 0 Å². The third kappa shape index (κ3) is 3.42. The molecule has 6 heteroatoms. The maximum absolute atomic E-state index is 10.5. The zero-order valence-electron chi connectivity index (χ0n) is 6.17. The Labute approximate surface area is 68.1 Å². The van der Waals surface area contributed by atoms with Crippen LogP contribution in [0.1, 0.15) is 6.42 Å². The molecule has 0 radical (unpaired) electrons. The maximum atomic E-state index is 10.5. The van der Waals surface area contributed by atoms with E-state index in [1.807, 2.05) is 0 Å². The van der Waals surface area contributed by atoms with E-state index < -0.39 is 37.0 Å². The van der Waals surface area contributed by atoms with Gasteiger partial charge in [0.05, 0.1) is 0 Å². The number of carboxylic acid groups (broad SMARTS) is 1. The van der Waals surface area contributed by atoms with E-state index in [4.69, 9.17) is 20.4 Å². The van der Waals surface area contributed by atoms with Gasteiger partial charge < -0.3 is 20.4 Å². The fourth-order valence-corrected chi connectivity index (χ4v) is 0.549. The normalized spacial score (nSPS) is 15.2. The molecule has 0 fully saturated rings. The van der Waals surface area contributed by atoms with Gasteiger partial charge in [-0.1, -0.05) is 0 Å². The molecule has 70 valence electrons. The van der Waals surface area contributed by atoms with Crippen LogP contribution >= 0.6 is 0 Å². The Morgan fingerprint density at radius 3 is 2.00 bits per heavy atom. The van der Waals surface area contributed by atoms with Crippen LogP contribution in [-0.2, 0) is 9.59 Å². The molecule has 12 heavy (non-hydrogen) atoms.